The minimum absolute atomic E-state index is 0.137. The number of alkyl halides is 1. The number of esters is 1. The van der Waals surface area contributed by atoms with E-state index < -0.39 is 17.9 Å². The fraction of sp³-hybridized carbons (Fsp3) is 0.346. The quantitative estimate of drug-likeness (QED) is 0.122. The van der Waals surface area contributed by atoms with Crippen molar-refractivity contribution in [1.82, 2.24) is 13.4 Å². The maximum absolute atomic E-state index is 13.1. The molecular formula is C26H28ClIN3O4-. The number of halogens is 2. The molecule has 2 atom stereocenters. The first kappa shape index (κ1) is 25.7. The summed E-state index contributed by atoms with van der Waals surface area (Å²) in [5.74, 6) is -0.918. The number of ether oxygens (including phenoxy) is 1. The number of hydrogen-bond donors (Lipinski definition) is 2. The molecule has 1 aliphatic rings. The summed E-state index contributed by atoms with van der Waals surface area (Å²) >= 11 is 6.09. The monoisotopic (exact) mass is 608 g/mol. The van der Waals surface area contributed by atoms with Gasteiger partial charge >= 0.3 is 164 Å². The number of rotatable bonds is 9. The molecule has 1 fully saturated rings. The van der Waals surface area contributed by atoms with E-state index in [-0.39, 0.29) is 33.5 Å². The van der Waals surface area contributed by atoms with E-state index in [9.17, 15) is 14.4 Å². The number of aromatic nitrogens is 1. The van der Waals surface area contributed by atoms with Crippen LogP contribution in [0.15, 0.2) is 59.4 Å². The van der Waals surface area contributed by atoms with Crippen LogP contribution in [0.4, 0.5) is 0 Å². The zero-order chi connectivity index (χ0) is 24.8. The van der Waals surface area contributed by atoms with E-state index in [0.717, 1.165) is 18.2 Å². The molecule has 2 heterocycles. The molecule has 1 aliphatic heterocycles. The Morgan fingerprint density at radius 3 is 2.74 bits per heavy atom. The number of nitrogens with zero attached hydrogens (tertiary/aromatic N) is 1. The minimum atomic E-state index is -0.941. The molecule has 0 radical (unpaired) electrons. The van der Waals surface area contributed by atoms with Gasteiger partial charge in [-0.1, -0.05) is 23.7 Å². The van der Waals surface area contributed by atoms with Crippen LogP contribution in [0.1, 0.15) is 35.2 Å². The number of pyridine rings is 1. The molecule has 4 rings (SSSR count). The van der Waals surface area contributed by atoms with Crippen LogP contribution in [0.2, 0.25) is 5.02 Å². The summed E-state index contributed by atoms with van der Waals surface area (Å²) in [7, 11) is 2.17. The standard InChI is InChI=1S/C26H28ClIN3O4/c1-31-20(12-13-28-31)5-4-14-35-26(34)23(30-25(33)17-8-10-19(27)11-9-17)15-18-16-24(32)29-22-7-3-2-6-21(18)22/h2-3,6-11,16,20,23H,4-5,12-15H2,1H3,(H,29,32)(H,30,33)/q-1. The molecule has 9 heteroatoms. The summed E-state index contributed by atoms with van der Waals surface area (Å²) in [6.45, 7) is 0.297. The van der Waals surface area contributed by atoms with Crippen LogP contribution in [-0.4, -0.2) is 50.1 Å². The Balaban J connectivity index is 1.49. The second kappa shape index (κ2) is 12.0. The molecule has 1 amide bonds. The molecule has 35 heavy (non-hydrogen) atoms. The van der Waals surface area contributed by atoms with E-state index >= 15 is 0 Å². The van der Waals surface area contributed by atoms with Crippen LogP contribution in [0, 0.1) is 0 Å². The van der Waals surface area contributed by atoms with Gasteiger partial charge in [-0.2, -0.15) is 0 Å². The van der Waals surface area contributed by atoms with E-state index in [0.29, 0.717) is 34.3 Å². The van der Waals surface area contributed by atoms with E-state index in [2.05, 4.69) is 20.5 Å². The molecule has 7 nitrogen and oxygen atoms in total. The molecule has 186 valence electrons. The summed E-state index contributed by atoms with van der Waals surface area (Å²) in [6.07, 6.45) is 3.12. The third-order valence-corrected chi connectivity index (χ3v) is 9.32. The Kier molecular flexibility index (Phi) is 8.80. The zero-order valence-corrected chi connectivity index (χ0v) is 22.3. The molecule has 0 bridgehead atoms. The number of hydrogen-bond acceptors (Lipinski definition) is 5. The number of carbonyl (C=O) groups is 2. The SMILES string of the molecule is CN1[I-]CCC1CCCOC(=O)C(Cc1cc(=O)[nH]c2ccccc12)NC(=O)c1ccc(Cl)cc1. The van der Waals surface area contributed by atoms with Crippen LogP contribution in [0.25, 0.3) is 10.9 Å². The topological polar surface area (TPSA) is 91.5 Å². The predicted molar refractivity (Wildman–Crippen MR) is 132 cm³/mol. The van der Waals surface area contributed by atoms with Gasteiger partial charge in [0.1, 0.15) is 0 Å². The molecule has 0 aliphatic carbocycles. The van der Waals surface area contributed by atoms with Crippen LogP contribution >= 0.6 is 11.6 Å². The van der Waals surface area contributed by atoms with Gasteiger partial charge in [-0.05, 0) is 18.2 Å². The molecule has 0 saturated carbocycles. The van der Waals surface area contributed by atoms with Gasteiger partial charge in [0.2, 0.25) is 0 Å². The van der Waals surface area contributed by atoms with E-state index in [1.807, 2.05) is 24.3 Å². The van der Waals surface area contributed by atoms with Gasteiger partial charge in [0.15, 0.2) is 0 Å². The molecule has 0 spiro atoms. The van der Waals surface area contributed by atoms with E-state index in [4.69, 9.17) is 16.3 Å². The molecular weight excluding hydrogens is 581 g/mol. The van der Waals surface area contributed by atoms with E-state index in [1.165, 1.54) is 16.9 Å². The number of nitrogens with one attached hydrogen (secondary N) is 2. The van der Waals surface area contributed by atoms with Crippen LogP contribution in [0.3, 0.4) is 0 Å². The number of carbonyl (C=O) groups excluding carboxylic acids is 2. The number of benzene rings is 2. The fourth-order valence-electron chi connectivity index (χ4n) is 4.20. The van der Waals surface area contributed by atoms with Crippen molar-refractivity contribution in [2.24, 2.45) is 0 Å². The first-order chi connectivity index (χ1) is 16.9. The number of H-pyrrole nitrogens is 1. The average Bonchev–Trinajstić information content (AvgIpc) is 3.26. The van der Waals surface area contributed by atoms with Crippen molar-refractivity contribution in [3.63, 3.8) is 0 Å². The van der Waals surface area contributed by atoms with Gasteiger partial charge in [-0.3, -0.25) is 4.79 Å². The Morgan fingerprint density at radius 1 is 1.23 bits per heavy atom. The Labute approximate surface area is 219 Å². The van der Waals surface area contributed by atoms with Crippen molar-refractivity contribution in [3.8, 4) is 0 Å². The predicted octanol–water partition coefficient (Wildman–Crippen LogP) is 0.554. The van der Waals surface area contributed by atoms with E-state index in [1.54, 1.807) is 24.3 Å². The van der Waals surface area contributed by atoms with Crippen LogP contribution < -0.4 is 32.4 Å². The first-order valence-electron chi connectivity index (χ1n) is 11.6. The smallest absolute Gasteiger partial charge is 0.0843 e. The maximum atomic E-state index is 13.1. The third kappa shape index (κ3) is 6.83. The van der Waals surface area contributed by atoms with Gasteiger partial charge in [-0.25, -0.2) is 0 Å². The van der Waals surface area contributed by atoms with Gasteiger partial charge in [0, 0.05) is 5.02 Å². The van der Waals surface area contributed by atoms with Crippen molar-refractivity contribution in [2.45, 2.75) is 37.8 Å². The molecule has 1 aromatic heterocycles. The molecule has 2 N–H and O–H groups in total. The van der Waals surface area contributed by atoms with Crippen molar-refractivity contribution in [3.05, 3.63) is 81.1 Å². The number of para-hydroxylation sites is 1. The van der Waals surface area contributed by atoms with Gasteiger partial charge in [-0.15, -0.1) is 0 Å². The van der Waals surface area contributed by atoms with Crippen molar-refractivity contribution < 1.29 is 35.8 Å². The summed E-state index contributed by atoms with van der Waals surface area (Å²) in [4.78, 5) is 41.0. The second-order valence-electron chi connectivity index (χ2n) is 8.53. The third-order valence-electron chi connectivity index (χ3n) is 6.10. The van der Waals surface area contributed by atoms with Crippen LogP contribution in [0.5, 0.6) is 0 Å². The molecule has 3 aromatic rings. The molecule has 2 unspecified atom stereocenters. The number of aromatic amines is 1. The Hall–Kier alpha value is -2.43. The zero-order valence-electron chi connectivity index (χ0n) is 19.4. The van der Waals surface area contributed by atoms with Crippen molar-refractivity contribution >= 4 is 34.4 Å². The van der Waals surface area contributed by atoms with Crippen LogP contribution in [-0.2, 0) is 16.0 Å². The summed E-state index contributed by atoms with van der Waals surface area (Å²) in [6, 6.07) is 14.9. The number of amides is 1. The second-order valence-corrected chi connectivity index (χ2v) is 12.2. The summed E-state index contributed by atoms with van der Waals surface area (Å²) in [5, 5.41) is 4.14. The van der Waals surface area contributed by atoms with Gasteiger partial charge in [0.25, 0.3) is 0 Å². The minimum Gasteiger partial charge on any atom is -0.0843 e. The normalized spacial score (nSPS) is 17.0. The van der Waals surface area contributed by atoms with Crippen molar-refractivity contribution in [1.29, 1.82) is 0 Å². The Morgan fingerprint density at radius 2 is 2.00 bits per heavy atom. The molecule has 2 aromatic carbocycles. The average molecular weight is 609 g/mol. The Bertz CT molecular complexity index is 1250. The van der Waals surface area contributed by atoms with Crippen molar-refractivity contribution in [2.75, 3.05) is 18.1 Å². The van der Waals surface area contributed by atoms with Gasteiger partial charge < -0.3 is 4.98 Å². The summed E-state index contributed by atoms with van der Waals surface area (Å²) in [5.41, 5.74) is 1.46. The van der Waals surface area contributed by atoms with Gasteiger partial charge in [0.05, 0.1) is 0 Å². The first-order valence-corrected chi connectivity index (χ1v) is 14.4. The number of fused-ring (bicyclic) bond motifs is 1. The summed E-state index contributed by atoms with van der Waals surface area (Å²) < 4.78 is 9.36. The molecule has 1 saturated heterocycles. The fourth-order valence-corrected chi connectivity index (χ4v) is 7.20.